The van der Waals surface area contributed by atoms with Crippen LogP contribution in [-0.4, -0.2) is 30.5 Å². The molecule has 2 amide bonds. The Labute approximate surface area is 131 Å². The van der Waals surface area contributed by atoms with Crippen molar-refractivity contribution in [3.63, 3.8) is 0 Å². The maximum Gasteiger partial charge on any atom is 0.227 e. The average molecular weight is 304 g/mol. The zero-order chi connectivity index (χ0) is 16.3. The summed E-state index contributed by atoms with van der Waals surface area (Å²) in [4.78, 5) is 26.1. The number of nitrogens with one attached hydrogen (secondary N) is 1. The Kier molecular flexibility index (Phi) is 4.74. The van der Waals surface area contributed by atoms with Gasteiger partial charge in [0.1, 0.15) is 5.75 Å². The van der Waals surface area contributed by atoms with Gasteiger partial charge in [-0.1, -0.05) is 0 Å². The van der Waals surface area contributed by atoms with Crippen molar-refractivity contribution in [3.8, 4) is 5.75 Å². The van der Waals surface area contributed by atoms with Gasteiger partial charge in [-0.2, -0.15) is 0 Å². The third kappa shape index (κ3) is 4.00. The Balaban J connectivity index is 2.04. The van der Waals surface area contributed by atoms with Crippen LogP contribution >= 0.6 is 0 Å². The molecule has 1 atom stereocenters. The van der Waals surface area contributed by atoms with Crippen LogP contribution in [0.25, 0.3) is 0 Å². The van der Waals surface area contributed by atoms with E-state index in [9.17, 15) is 9.59 Å². The Morgan fingerprint density at radius 1 is 1.32 bits per heavy atom. The molecule has 1 aromatic carbocycles. The molecule has 5 heteroatoms. The van der Waals surface area contributed by atoms with Gasteiger partial charge < -0.3 is 15.0 Å². The van der Waals surface area contributed by atoms with Crippen molar-refractivity contribution in [1.29, 1.82) is 0 Å². The first kappa shape index (κ1) is 16.3. The summed E-state index contributed by atoms with van der Waals surface area (Å²) in [5, 5.41) is 2.94. The van der Waals surface area contributed by atoms with Crippen LogP contribution in [0.3, 0.4) is 0 Å². The fourth-order valence-electron chi connectivity index (χ4n) is 2.49. The lowest BCUT2D eigenvalue weighted by Crippen LogP contribution is -2.44. The van der Waals surface area contributed by atoms with E-state index in [4.69, 9.17) is 4.74 Å². The van der Waals surface area contributed by atoms with E-state index in [0.29, 0.717) is 13.2 Å². The normalized spacial score (nSPS) is 18.5. The van der Waals surface area contributed by atoms with E-state index < -0.39 is 0 Å². The molecule has 1 fully saturated rings. The number of amides is 2. The molecule has 5 nitrogen and oxygen atoms in total. The lowest BCUT2D eigenvalue weighted by molar-refractivity contribution is -0.127. The summed E-state index contributed by atoms with van der Waals surface area (Å²) < 4.78 is 5.40. The Bertz CT molecular complexity index is 546. The number of benzene rings is 1. The van der Waals surface area contributed by atoms with Crippen molar-refractivity contribution in [2.75, 3.05) is 18.1 Å². The fourth-order valence-corrected chi connectivity index (χ4v) is 2.49. The van der Waals surface area contributed by atoms with Gasteiger partial charge in [0, 0.05) is 24.2 Å². The van der Waals surface area contributed by atoms with E-state index in [1.807, 2.05) is 52.0 Å². The molecule has 0 spiro atoms. The lowest BCUT2D eigenvalue weighted by atomic mass is 10.0. The Morgan fingerprint density at radius 2 is 1.95 bits per heavy atom. The maximum atomic E-state index is 12.2. The Morgan fingerprint density at radius 3 is 2.50 bits per heavy atom. The molecule has 0 aliphatic carbocycles. The van der Waals surface area contributed by atoms with E-state index in [-0.39, 0.29) is 29.7 Å². The molecule has 1 N–H and O–H groups in total. The summed E-state index contributed by atoms with van der Waals surface area (Å²) in [5.41, 5.74) is 0.520. The number of hydrogen-bond donors (Lipinski definition) is 1. The second-order valence-corrected chi connectivity index (χ2v) is 6.57. The minimum Gasteiger partial charge on any atom is -0.494 e. The minimum atomic E-state index is -0.293. The number of anilines is 1. The van der Waals surface area contributed by atoms with Crippen LogP contribution in [0.1, 0.15) is 34.1 Å². The summed E-state index contributed by atoms with van der Waals surface area (Å²) in [6.07, 6.45) is 0.259. The van der Waals surface area contributed by atoms with Crippen LogP contribution in [0.4, 0.5) is 5.69 Å². The van der Waals surface area contributed by atoms with Crippen molar-refractivity contribution in [2.45, 2.75) is 39.7 Å². The van der Waals surface area contributed by atoms with Gasteiger partial charge in [-0.25, -0.2) is 0 Å². The van der Waals surface area contributed by atoms with E-state index in [1.165, 1.54) is 0 Å². The van der Waals surface area contributed by atoms with E-state index in [1.54, 1.807) is 4.90 Å². The van der Waals surface area contributed by atoms with Crippen LogP contribution < -0.4 is 15.0 Å². The highest BCUT2D eigenvalue weighted by Gasteiger charge is 2.36. The standard InChI is InChI=1S/C17H24N2O3/c1-5-22-14-8-6-13(7-9-14)19-11-12(10-15(19)20)16(21)18-17(2,3)4/h6-9,12H,5,10-11H2,1-4H3,(H,18,21)/t12-/m1/s1. The molecule has 0 unspecified atom stereocenters. The molecule has 0 saturated carbocycles. The van der Waals surface area contributed by atoms with Crippen molar-refractivity contribution in [3.05, 3.63) is 24.3 Å². The third-order valence-corrected chi connectivity index (χ3v) is 3.45. The highest BCUT2D eigenvalue weighted by molar-refractivity contribution is 6.00. The van der Waals surface area contributed by atoms with Crippen LogP contribution in [0.2, 0.25) is 0 Å². The number of ether oxygens (including phenoxy) is 1. The third-order valence-electron chi connectivity index (χ3n) is 3.45. The lowest BCUT2D eigenvalue weighted by Gasteiger charge is -2.23. The van der Waals surface area contributed by atoms with E-state index in [0.717, 1.165) is 11.4 Å². The molecule has 0 bridgehead atoms. The molecule has 1 heterocycles. The molecule has 0 aromatic heterocycles. The van der Waals surface area contributed by atoms with Crippen LogP contribution in [0.15, 0.2) is 24.3 Å². The zero-order valence-corrected chi connectivity index (χ0v) is 13.7. The molecule has 1 aliphatic heterocycles. The number of carbonyl (C=O) groups excluding carboxylic acids is 2. The van der Waals surface area contributed by atoms with Gasteiger partial charge >= 0.3 is 0 Å². The summed E-state index contributed by atoms with van der Waals surface area (Å²) in [6, 6.07) is 7.39. The predicted octanol–water partition coefficient (Wildman–Crippen LogP) is 2.35. The molecule has 22 heavy (non-hydrogen) atoms. The monoisotopic (exact) mass is 304 g/mol. The van der Waals surface area contributed by atoms with Crippen molar-refractivity contribution >= 4 is 17.5 Å². The molecule has 1 aromatic rings. The van der Waals surface area contributed by atoms with Gasteiger partial charge in [-0.05, 0) is 52.0 Å². The first-order chi connectivity index (χ1) is 10.3. The number of carbonyl (C=O) groups is 2. The quantitative estimate of drug-likeness (QED) is 0.929. The van der Waals surface area contributed by atoms with E-state index in [2.05, 4.69) is 5.32 Å². The van der Waals surface area contributed by atoms with E-state index >= 15 is 0 Å². The summed E-state index contributed by atoms with van der Waals surface area (Å²) >= 11 is 0. The minimum absolute atomic E-state index is 0.0155. The first-order valence-electron chi connectivity index (χ1n) is 7.65. The SMILES string of the molecule is CCOc1ccc(N2C[C@H](C(=O)NC(C)(C)C)CC2=O)cc1. The highest BCUT2D eigenvalue weighted by Crippen LogP contribution is 2.27. The average Bonchev–Trinajstić information content (AvgIpc) is 2.80. The number of rotatable bonds is 4. The van der Waals surface area contributed by atoms with Crippen LogP contribution in [-0.2, 0) is 9.59 Å². The molecular weight excluding hydrogens is 280 g/mol. The topological polar surface area (TPSA) is 58.6 Å². The number of hydrogen-bond acceptors (Lipinski definition) is 3. The largest absolute Gasteiger partial charge is 0.494 e. The Hall–Kier alpha value is -2.04. The van der Waals surface area contributed by atoms with Crippen LogP contribution in [0.5, 0.6) is 5.75 Å². The molecule has 1 saturated heterocycles. The van der Waals surface area contributed by atoms with Crippen molar-refractivity contribution in [1.82, 2.24) is 5.32 Å². The summed E-state index contributed by atoms with van der Waals surface area (Å²) in [7, 11) is 0. The summed E-state index contributed by atoms with van der Waals surface area (Å²) in [6.45, 7) is 8.77. The molecular formula is C17H24N2O3. The smallest absolute Gasteiger partial charge is 0.227 e. The molecule has 2 rings (SSSR count). The predicted molar refractivity (Wildman–Crippen MR) is 86.0 cm³/mol. The van der Waals surface area contributed by atoms with Gasteiger partial charge in [-0.15, -0.1) is 0 Å². The maximum absolute atomic E-state index is 12.2. The van der Waals surface area contributed by atoms with Gasteiger partial charge in [0.15, 0.2) is 0 Å². The van der Waals surface area contributed by atoms with Gasteiger partial charge in [0.25, 0.3) is 0 Å². The highest BCUT2D eigenvalue weighted by atomic mass is 16.5. The molecule has 1 aliphatic rings. The van der Waals surface area contributed by atoms with Gasteiger partial charge in [0.2, 0.25) is 11.8 Å². The van der Waals surface area contributed by atoms with Gasteiger partial charge in [-0.3, -0.25) is 9.59 Å². The fraction of sp³-hybridized carbons (Fsp3) is 0.529. The van der Waals surface area contributed by atoms with Crippen LogP contribution in [0, 0.1) is 5.92 Å². The second kappa shape index (κ2) is 6.38. The molecule has 120 valence electrons. The van der Waals surface area contributed by atoms with Gasteiger partial charge in [0.05, 0.1) is 12.5 Å². The second-order valence-electron chi connectivity index (χ2n) is 6.57. The zero-order valence-electron chi connectivity index (χ0n) is 13.7. The molecule has 0 radical (unpaired) electrons. The van der Waals surface area contributed by atoms with Crippen molar-refractivity contribution < 1.29 is 14.3 Å². The first-order valence-corrected chi connectivity index (χ1v) is 7.65. The summed E-state index contributed by atoms with van der Waals surface area (Å²) in [5.74, 6) is 0.408. The van der Waals surface area contributed by atoms with Crippen molar-refractivity contribution in [2.24, 2.45) is 5.92 Å². The number of nitrogens with zero attached hydrogens (tertiary/aromatic N) is 1.